The summed E-state index contributed by atoms with van der Waals surface area (Å²) in [5.74, 6) is 0.538. The Morgan fingerprint density at radius 3 is 1.90 bits per heavy atom. The lowest BCUT2D eigenvalue weighted by atomic mass is 9.68. The molecule has 1 unspecified atom stereocenters. The van der Waals surface area contributed by atoms with E-state index in [0.717, 1.165) is 36.8 Å². The van der Waals surface area contributed by atoms with Crippen LogP contribution < -0.4 is 0 Å². The van der Waals surface area contributed by atoms with Crippen molar-refractivity contribution in [3.8, 4) is 0 Å². The molecule has 1 aliphatic rings. The first-order valence-corrected chi connectivity index (χ1v) is 12.7. The number of Topliss-reactive ketones (excluding diaryl/α,β-unsaturated/α-hetero) is 1. The van der Waals surface area contributed by atoms with Gasteiger partial charge in [0.15, 0.2) is 5.78 Å². The Morgan fingerprint density at radius 2 is 1.55 bits per heavy atom. The van der Waals surface area contributed by atoms with Gasteiger partial charge in [-0.1, -0.05) is 65.0 Å². The lowest BCUT2D eigenvalue weighted by molar-refractivity contribution is -0.116. The molecule has 0 aliphatic heterocycles. The molecule has 1 aliphatic carbocycles. The molecule has 0 spiro atoms. The first-order chi connectivity index (χ1) is 13.4. The van der Waals surface area contributed by atoms with E-state index in [1.807, 2.05) is 6.08 Å². The highest BCUT2D eigenvalue weighted by Gasteiger charge is 2.35. The number of sulfone groups is 1. The van der Waals surface area contributed by atoms with Crippen molar-refractivity contribution >= 4 is 21.2 Å². The van der Waals surface area contributed by atoms with Gasteiger partial charge < -0.3 is 0 Å². The van der Waals surface area contributed by atoms with Gasteiger partial charge in [0.05, 0.1) is 0 Å². The summed E-state index contributed by atoms with van der Waals surface area (Å²) in [4.78, 5) is 13.1. The number of carbonyl (C=O) groups is 1. The van der Waals surface area contributed by atoms with E-state index in [0.29, 0.717) is 12.2 Å². The van der Waals surface area contributed by atoms with Crippen LogP contribution in [0.3, 0.4) is 0 Å². The Labute approximate surface area is 178 Å². The molecule has 0 saturated carbocycles. The summed E-state index contributed by atoms with van der Waals surface area (Å²) in [6.07, 6.45) is 7.67. The second kappa shape index (κ2) is 10.4. The summed E-state index contributed by atoms with van der Waals surface area (Å²) >= 11 is 0. The largest absolute Gasteiger partial charge is 0.294 e. The number of allylic oxidation sites excluding steroid dienone is 3. The summed E-state index contributed by atoms with van der Waals surface area (Å²) in [7, 11) is -2.66. The Morgan fingerprint density at radius 1 is 1.07 bits per heavy atom. The summed E-state index contributed by atoms with van der Waals surface area (Å²) in [5.41, 5.74) is 7.23. The highest BCUT2D eigenvalue weighted by atomic mass is 32.2. The summed E-state index contributed by atoms with van der Waals surface area (Å²) in [6.45, 7) is 16.5. The lowest BCUT2D eigenvalue weighted by Gasteiger charge is -2.35. The third kappa shape index (κ3) is 6.67. The maximum absolute atomic E-state index is 13.1. The van der Waals surface area contributed by atoms with Crippen LogP contribution >= 0.6 is 0 Å². The zero-order valence-corrected chi connectivity index (χ0v) is 20.1. The van der Waals surface area contributed by atoms with Crippen LogP contribution in [0.2, 0.25) is 0 Å². The monoisotopic (exact) mass is 418 g/mol. The van der Waals surface area contributed by atoms with E-state index < -0.39 is 9.84 Å². The first-order valence-electron chi connectivity index (χ1n) is 10.6. The molecule has 0 saturated heterocycles. The number of rotatable bonds is 6. The van der Waals surface area contributed by atoms with Gasteiger partial charge >= 0.3 is 0 Å². The van der Waals surface area contributed by atoms with Gasteiger partial charge in [0.1, 0.15) is 9.84 Å². The van der Waals surface area contributed by atoms with E-state index in [-0.39, 0.29) is 11.2 Å². The molecule has 162 valence electrons. The zero-order valence-electron chi connectivity index (χ0n) is 19.3. The fourth-order valence-electron chi connectivity index (χ4n) is 3.81. The molecule has 0 bridgehead atoms. The molecule has 4 heteroatoms. The zero-order chi connectivity index (χ0) is 22.4. The van der Waals surface area contributed by atoms with Crippen molar-refractivity contribution < 1.29 is 13.2 Å². The second-order valence-electron chi connectivity index (χ2n) is 8.43. The first kappa shape index (κ1) is 25.4. The van der Waals surface area contributed by atoms with Crippen molar-refractivity contribution in [2.75, 3.05) is 12.0 Å². The summed E-state index contributed by atoms with van der Waals surface area (Å²) in [5, 5.41) is 0. The van der Waals surface area contributed by atoms with Gasteiger partial charge in [0.2, 0.25) is 0 Å². The van der Waals surface area contributed by atoms with Crippen molar-refractivity contribution in [3.05, 3.63) is 52.6 Å². The van der Waals surface area contributed by atoms with Crippen LogP contribution in [0.4, 0.5) is 0 Å². The fraction of sp³-hybridized carbons (Fsp3) is 0.560. The van der Waals surface area contributed by atoms with Crippen LogP contribution in [0.15, 0.2) is 30.4 Å². The SMILES string of the molecule is C=CC1=C(c2c(CC)cc(C)cc2CC)C(=O)CC(C)(CC)C1.CCS(C)(=O)=O. The van der Waals surface area contributed by atoms with Crippen LogP contribution in [-0.2, 0) is 27.5 Å². The quantitative estimate of drug-likeness (QED) is 0.579. The highest BCUT2D eigenvalue weighted by molar-refractivity contribution is 7.90. The Balaban J connectivity index is 0.000000612. The normalized spacial score (nSPS) is 19.6. The molecule has 0 fully saturated rings. The lowest BCUT2D eigenvalue weighted by Crippen LogP contribution is -2.27. The van der Waals surface area contributed by atoms with Crippen molar-refractivity contribution in [3.63, 3.8) is 0 Å². The molecule has 1 atom stereocenters. The van der Waals surface area contributed by atoms with Gasteiger partial charge in [-0.25, -0.2) is 8.42 Å². The standard InChI is InChI=1S/C22H30O.C3H8O2S/c1-7-16-11-15(5)12-17(8-2)20(16)21-18(9-3)13-22(6,10-4)14-19(21)23;1-3-6(2,4)5/h9,11-12H,3,7-8,10,13-14H2,1-2,4-6H3;3H2,1-2H3. The smallest absolute Gasteiger partial charge is 0.164 e. The molecule has 1 aromatic carbocycles. The van der Waals surface area contributed by atoms with Crippen LogP contribution in [0.1, 0.15) is 76.1 Å². The molecule has 1 aromatic rings. The van der Waals surface area contributed by atoms with Crippen LogP contribution in [0.5, 0.6) is 0 Å². The molecule has 0 radical (unpaired) electrons. The third-order valence-corrected chi connectivity index (χ3v) is 6.94. The van der Waals surface area contributed by atoms with Gasteiger partial charge in [0.25, 0.3) is 0 Å². The molecular weight excluding hydrogens is 380 g/mol. The number of hydrogen-bond acceptors (Lipinski definition) is 3. The molecule has 2 rings (SSSR count). The number of benzene rings is 1. The van der Waals surface area contributed by atoms with Gasteiger partial charge in [-0.15, -0.1) is 0 Å². The van der Waals surface area contributed by atoms with Crippen LogP contribution in [0.25, 0.3) is 5.57 Å². The Kier molecular flexibility index (Phi) is 9.08. The molecule has 29 heavy (non-hydrogen) atoms. The number of carbonyl (C=O) groups excluding carboxylic acids is 1. The predicted molar refractivity (Wildman–Crippen MR) is 125 cm³/mol. The minimum absolute atomic E-state index is 0.0769. The predicted octanol–water partition coefficient (Wildman–Crippen LogP) is 5.89. The molecule has 0 aromatic heterocycles. The van der Waals surface area contributed by atoms with Crippen molar-refractivity contribution in [2.24, 2.45) is 5.41 Å². The molecule has 0 heterocycles. The average molecular weight is 419 g/mol. The Hall–Kier alpha value is -1.68. The minimum atomic E-state index is -2.66. The van der Waals surface area contributed by atoms with Crippen LogP contribution in [0, 0.1) is 12.3 Å². The van der Waals surface area contributed by atoms with Gasteiger partial charge in [-0.2, -0.15) is 0 Å². The Bertz CT molecular complexity index is 866. The number of aryl methyl sites for hydroxylation is 3. The van der Waals surface area contributed by atoms with Gasteiger partial charge in [-0.05, 0) is 60.3 Å². The topological polar surface area (TPSA) is 51.2 Å². The molecule has 3 nitrogen and oxygen atoms in total. The third-order valence-electron chi connectivity index (χ3n) is 5.89. The summed E-state index contributed by atoms with van der Waals surface area (Å²) < 4.78 is 20.0. The van der Waals surface area contributed by atoms with Crippen molar-refractivity contribution in [1.82, 2.24) is 0 Å². The van der Waals surface area contributed by atoms with Gasteiger partial charge in [-0.3, -0.25) is 4.79 Å². The van der Waals surface area contributed by atoms with E-state index in [2.05, 4.69) is 53.3 Å². The van der Waals surface area contributed by atoms with E-state index >= 15 is 0 Å². The van der Waals surface area contributed by atoms with E-state index in [4.69, 9.17) is 0 Å². The minimum Gasteiger partial charge on any atom is -0.294 e. The molecule has 0 amide bonds. The molecular formula is C25H38O3S. The maximum Gasteiger partial charge on any atom is 0.164 e. The number of ketones is 1. The average Bonchev–Trinajstić information content (AvgIpc) is 2.67. The van der Waals surface area contributed by atoms with Crippen molar-refractivity contribution in [2.45, 2.75) is 73.6 Å². The summed E-state index contributed by atoms with van der Waals surface area (Å²) in [6, 6.07) is 4.48. The fourth-order valence-corrected chi connectivity index (χ4v) is 3.81. The molecule has 0 N–H and O–H groups in total. The number of hydrogen-bond donors (Lipinski definition) is 0. The van der Waals surface area contributed by atoms with E-state index in [9.17, 15) is 13.2 Å². The van der Waals surface area contributed by atoms with E-state index in [1.54, 1.807) is 6.92 Å². The maximum atomic E-state index is 13.1. The highest BCUT2D eigenvalue weighted by Crippen LogP contribution is 2.44. The van der Waals surface area contributed by atoms with Crippen molar-refractivity contribution in [1.29, 1.82) is 0 Å². The second-order valence-corrected chi connectivity index (χ2v) is 10.9. The van der Waals surface area contributed by atoms with Gasteiger partial charge in [0, 0.05) is 24.0 Å². The van der Waals surface area contributed by atoms with Crippen LogP contribution in [-0.4, -0.2) is 26.2 Å². The van der Waals surface area contributed by atoms with E-state index in [1.165, 1.54) is 28.5 Å².